The number of nitrogens with zero attached hydrogens (tertiary/aromatic N) is 1. The Morgan fingerprint density at radius 1 is 1.19 bits per heavy atom. The van der Waals surface area contributed by atoms with E-state index in [1.165, 1.54) is 0 Å². The van der Waals surface area contributed by atoms with E-state index in [-0.39, 0.29) is 5.54 Å². The number of methoxy groups -OCH3 is 1. The number of hydrogen-bond acceptors (Lipinski definition) is 2. The van der Waals surface area contributed by atoms with Gasteiger partial charge in [-0.25, -0.2) is 0 Å². The van der Waals surface area contributed by atoms with E-state index < -0.39 is 0 Å². The second-order valence-electron chi connectivity index (χ2n) is 5.81. The lowest BCUT2D eigenvalue weighted by molar-refractivity contribution is -0.108. The van der Waals surface area contributed by atoms with Gasteiger partial charge < -0.3 is 9.64 Å². The molecule has 0 saturated heterocycles. The number of carbonyl (C=O) groups is 1. The number of carbonyl (C=O) groups excluding carboxylic acids is 1. The first kappa shape index (κ1) is 15.1. The Balaban J connectivity index is 2.55. The second kappa shape index (κ2) is 6.00. The van der Waals surface area contributed by atoms with Crippen LogP contribution in [0.5, 0.6) is 5.75 Å². The quantitative estimate of drug-likeness (QED) is 0.795. The molecule has 3 heteroatoms. The van der Waals surface area contributed by atoms with Crippen LogP contribution in [0.25, 0.3) is 11.1 Å². The number of hydrogen-bond donors (Lipinski definition) is 0. The molecule has 0 bridgehead atoms. The minimum Gasteiger partial charge on any atom is -0.496 e. The molecule has 3 nitrogen and oxygen atoms in total. The lowest BCUT2D eigenvalue weighted by Gasteiger charge is -2.32. The van der Waals surface area contributed by atoms with Crippen molar-refractivity contribution in [3.63, 3.8) is 0 Å². The number of anilines is 1. The third-order valence-corrected chi connectivity index (χ3v) is 3.29. The van der Waals surface area contributed by atoms with Gasteiger partial charge in [0.25, 0.3) is 0 Å². The Kier molecular flexibility index (Phi) is 4.32. The van der Waals surface area contributed by atoms with Crippen LogP contribution < -0.4 is 9.64 Å². The van der Waals surface area contributed by atoms with Gasteiger partial charge in [-0.1, -0.05) is 30.3 Å². The first-order chi connectivity index (χ1) is 9.97. The molecule has 0 aliphatic rings. The third kappa shape index (κ3) is 3.24. The molecule has 109 valence electrons. The molecule has 0 fully saturated rings. The summed E-state index contributed by atoms with van der Waals surface area (Å²) in [6.45, 7) is 5.96. The van der Waals surface area contributed by atoms with Crippen molar-refractivity contribution in [2.24, 2.45) is 0 Å². The topological polar surface area (TPSA) is 29.5 Å². The maximum absolute atomic E-state index is 11.4. The molecule has 0 heterocycles. The summed E-state index contributed by atoms with van der Waals surface area (Å²) in [4.78, 5) is 13.1. The SMILES string of the molecule is COc1c[c]c(N(C=O)C(C)(C)C)cc1-c1ccccc1. The molecule has 0 unspecified atom stereocenters. The largest absolute Gasteiger partial charge is 0.496 e. The number of benzene rings is 2. The summed E-state index contributed by atoms with van der Waals surface area (Å²) in [7, 11) is 1.64. The van der Waals surface area contributed by atoms with Crippen LogP contribution in [0.15, 0.2) is 42.5 Å². The van der Waals surface area contributed by atoms with Crippen LogP contribution in [0, 0.1) is 6.07 Å². The fourth-order valence-corrected chi connectivity index (χ4v) is 2.19. The summed E-state index contributed by atoms with van der Waals surface area (Å²) >= 11 is 0. The molecule has 0 aliphatic heterocycles. The fourth-order valence-electron chi connectivity index (χ4n) is 2.19. The van der Waals surface area contributed by atoms with Gasteiger partial charge in [0.1, 0.15) is 5.75 Å². The van der Waals surface area contributed by atoms with E-state index in [1.54, 1.807) is 18.1 Å². The predicted molar refractivity (Wildman–Crippen MR) is 85.6 cm³/mol. The Hall–Kier alpha value is -2.29. The fraction of sp³-hybridized carbons (Fsp3) is 0.278. The smallest absolute Gasteiger partial charge is 0.214 e. The highest BCUT2D eigenvalue weighted by Gasteiger charge is 2.22. The first-order valence-corrected chi connectivity index (χ1v) is 6.87. The van der Waals surface area contributed by atoms with Crippen molar-refractivity contribution in [3.8, 4) is 16.9 Å². The van der Waals surface area contributed by atoms with Crippen molar-refractivity contribution in [2.75, 3.05) is 12.0 Å². The van der Waals surface area contributed by atoms with Crippen LogP contribution in [0.4, 0.5) is 5.69 Å². The van der Waals surface area contributed by atoms with Gasteiger partial charge in [-0.05, 0) is 38.5 Å². The van der Waals surface area contributed by atoms with Crippen LogP contribution in [-0.2, 0) is 4.79 Å². The van der Waals surface area contributed by atoms with Gasteiger partial charge in [0.05, 0.1) is 12.8 Å². The molecule has 0 aliphatic carbocycles. The molecule has 2 aromatic rings. The van der Waals surface area contributed by atoms with Crippen molar-refractivity contribution in [1.82, 2.24) is 0 Å². The van der Waals surface area contributed by atoms with Crippen LogP contribution in [0.2, 0.25) is 0 Å². The number of rotatable bonds is 4. The molecule has 21 heavy (non-hydrogen) atoms. The highest BCUT2D eigenvalue weighted by molar-refractivity contribution is 5.82. The first-order valence-electron chi connectivity index (χ1n) is 6.87. The molecular formula is C18H20NO2. The van der Waals surface area contributed by atoms with Crippen molar-refractivity contribution >= 4 is 12.1 Å². The van der Waals surface area contributed by atoms with Gasteiger partial charge in [-0.3, -0.25) is 4.79 Å². The molecule has 0 atom stereocenters. The van der Waals surface area contributed by atoms with Gasteiger partial charge in [-0.2, -0.15) is 0 Å². The second-order valence-corrected chi connectivity index (χ2v) is 5.81. The van der Waals surface area contributed by atoms with Crippen molar-refractivity contribution < 1.29 is 9.53 Å². The molecule has 0 aromatic heterocycles. The van der Waals surface area contributed by atoms with Gasteiger partial charge in [0, 0.05) is 17.2 Å². The minimum absolute atomic E-state index is 0.305. The molecule has 1 radical (unpaired) electrons. The monoisotopic (exact) mass is 282 g/mol. The van der Waals surface area contributed by atoms with Gasteiger partial charge in [0.2, 0.25) is 6.41 Å². The predicted octanol–water partition coefficient (Wildman–Crippen LogP) is 3.92. The van der Waals surface area contributed by atoms with Crippen molar-refractivity contribution in [1.29, 1.82) is 0 Å². The van der Waals surface area contributed by atoms with E-state index in [0.717, 1.165) is 29.0 Å². The molecule has 1 amide bonds. The lowest BCUT2D eigenvalue weighted by atomic mass is 10.0. The third-order valence-electron chi connectivity index (χ3n) is 3.29. The minimum atomic E-state index is -0.305. The average Bonchev–Trinajstić information content (AvgIpc) is 2.47. The summed E-state index contributed by atoms with van der Waals surface area (Å²) in [6, 6.07) is 16.8. The van der Waals surface area contributed by atoms with E-state index in [0.29, 0.717) is 0 Å². The molecule has 0 N–H and O–H groups in total. The maximum atomic E-state index is 11.4. The highest BCUT2D eigenvalue weighted by atomic mass is 16.5. The Bertz CT molecular complexity index is 615. The van der Waals surface area contributed by atoms with E-state index >= 15 is 0 Å². The van der Waals surface area contributed by atoms with E-state index in [2.05, 4.69) is 6.07 Å². The van der Waals surface area contributed by atoms with Crippen LogP contribution in [-0.4, -0.2) is 19.1 Å². The standard InChI is InChI=1S/C18H20NO2/c1-18(2,3)19(13-20)15-10-11-17(21-4)16(12-15)14-8-6-5-7-9-14/h5-9,11-13H,1-4H3. The number of ether oxygens (including phenoxy) is 1. The Morgan fingerprint density at radius 3 is 2.38 bits per heavy atom. The highest BCUT2D eigenvalue weighted by Crippen LogP contribution is 2.34. The molecular weight excluding hydrogens is 262 g/mol. The van der Waals surface area contributed by atoms with Gasteiger partial charge >= 0.3 is 0 Å². The molecule has 2 rings (SSSR count). The molecule has 0 spiro atoms. The summed E-state index contributed by atoms with van der Waals surface area (Å²) in [5.74, 6) is 0.740. The average molecular weight is 282 g/mol. The van der Waals surface area contributed by atoms with Crippen molar-refractivity contribution in [3.05, 3.63) is 48.5 Å². The lowest BCUT2D eigenvalue weighted by Crippen LogP contribution is -2.40. The molecule has 0 saturated carbocycles. The zero-order valence-corrected chi connectivity index (χ0v) is 12.9. The van der Waals surface area contributed by atoms with E-state index in [9.17, 15) is 4.79 Å². The van der Waals surface area contributed by atoms with Crippen molar-refractivity contribution in [2.45, 2.75) is 26.3 Å². The van der Waals surface area contributed by atoms with E-state index in [4.69, 9.17) is 4.74 Å². The summed E-state index contributed by atoms with van der Waals surface area (Å²) in [6.07, 6.45) is 0.840. The normalized spacial score (nSPS) is 11.0. The van der Waals surface area contributed by atoms with Gasteiger partial charge in [-0.15, -0.1) is 0 Å². The zero-order chi connectivity index (χ0) is 15.5. The Morgan fingerprint density at radius 2 is 1.86 bits per heavy atom. The maximum Gasteiger partial charge on any atom is 0.214 e. The van der Waals surface area contributed by atoms with Crippen LogP contribution in [0.1, 0.15) is 20.8 Å². The summed E-state index contributed by atoms with van der Waals surface area (Å²) in [5.41, 5.74) is 2.42. The van der Waals surface area contributed by atoms with Gasteiger partial charge in [0.15, 0.2) is 0 Å². The summed E-state index contributed by atoms with van der Waals surface area (Å²) in [5, 5.41) is 0. The van der Waals surface area contributed by atoms with Crippen LogP contribution >= 0.6 is 0 Å². The summed E-state index contributed by atoms with van der Waals surface area (Å²) < 4.78 is 5.42. The zero-order valence-electron chi connectivity index (χ0n) is 12.9. The molecule has 2 aromatic carbocycles. The van der Waals surface area contributed by atoms with E-state index in [1.807, 2.05) is 57.2 Å². The Labute approximate surface area is 126 Å². The number of amides is 1. The van der Waals surface area contributed by atoms with Crippen LogP contribution in [0.3, 0.4) is 0 Å².